The SMILES string of the molecule is C1=CCCC(c2nc3ccccc3n2C2=CCC(C3=CCCc4oc5c(-n6c7c(c8c6C=C(C6=CCCC=C6)CC8)CCC=C7)cccc5c43)C=C2)=C1. The van der Waals surface area contributed by atoms with E-state index in [1.165, 1.54) is 67.1 Å². The lowest BCUT2D eigenvalue weighted by Gasteiger charge is -2.24. The highest BCUT2D eigenvalue weighted by Gasteiger charge is 2.31. The van der Waals surface area contributed by atoms with Gasteiger partial charge < -0.3 is 8.98 Å². The summed E-state index contributed by atoms with van der Waals surface area (Å²) in [4.78, 5) is 5.13. The highest BCUT2D eigenvalue weighted by molar-refractivity contribution is 5.99. The predicted molar refractivity (Wildman–Crippen MR) is 220 cm³/mol. The van der Waals surface area contributed by atoms with Gasteiger partial charge in [0.25, 0.3) is 0 Å². The molecule has 11 rings (SSSR count). The smallest absolute Gasteiger partial charge is 0.158 e. The van der Waals surface area contributed by atoms with Gasteiger partial charge in [0.2, 0.25) is 0 Å². The van der Waals surface area contributed by atoms with Crippen molar-refractivity contribution in [3.8, 4) is 5.69 Å². The Labute approximate surface area is 310 Å². The van der Waals surface area contributed by atoms with E-state index in [1.54, 1.807) is 0 Å². The van der Waals surface area contributed by atoms with Crippen LogP contribution in [0.4, 0.5) is 0 Å². The number of fused-ring (bicyclic) bond motifs is 7. The van der Waals surface area contributed by atoms with Crippen LogP contribution in [0.5, 0.6) is 0 Å². The van der Waals surface area contributed by atoms with E-state index in [1.807, 2.05) is 0 Å². The first-order chi connectivity index (χ1) is 26.3. The number of hydrogen-bond donors (Lipinski definition) is 0. The number of furan rings is 1. The Bertz CT molecular complexity index is 2640. The number of aromatic nitrogens is 3. The van der Waals surface area contributed by atoms with E-state index in [-0.39, 0.29) is 5.92 Å². The second kappa shape index (κ2) is 12.5. The van der Waals surface area contributed by atoms with Crippen molar-refractivity contribution < 1.29 is 4.42 Å². The van der Waals surface area contributed by atoms with Crippen LogP contribution in [0.15, 0.2) is 125 Å². The maximum Gasteiger partial charge on any atom is 0.158 e. The van der Waals surface area contributed by atoms with Gasteiger partial charge in [0.05, 0.1) is 22.4 Å². The van der Waals surface area contributed by atoms with Crippen molar-refractivity contribution in [2.75, 3.05) is 0 Å². The van der Waals surface area contributed by atoms with Crippen LogP contribution in [-0.4, -0.2) is 14.1 Å². The molecule has 0 N–H and O–H groups in total. The summed E-state index contributed by atoms with van der Waals surface area (Å²) in [5.74, 6) is 2.48. The molecule has 6 aliphatic rings. The van der Waals surface area contributed by atoms with Crippen LogP contribution in [-0.2, 0) is 19.3 Å². The maximum atomic E-state index is 7.01. The van der Waals surface area contributed by atoms with Crippen molar-refractivity contribution in [3.63, 3.8) is 0 Å². The van der Waals surface area contributed by atoms with Crippen molar-refractivity contribution in [2.45, 2.75) is 70.6 Å². The Morgan fingerprint density at radius 1 is 0.698 bits per heavy atom. The quantitative estimate of drug-likeness (QED) is 0.184. The van der Waals surface area contributed by atoms with Gasteiger partial charge in [-0.1, -0.05) is 85.0 Å². The zero-order chi connectivity index (χ0) is 34.9. The topological polar surface area (TPSA) is 35.9 Å². The molecule has 53 heavy (non-hydrogen) atoms. The minimum absolute atomic E-state index is 0.287. The molecule has 260 valence electrons. The van der Waals surface area contributed by atoms with Gasteiger partial charge in [-0.25, -0.2) is 4.98 Å². The summed E-state index contributed by atoms with van der Waals surface area (Å²) < 4.78 is 11.9. The molecule has 0 saturated carbocycles. The summed E-state index contributed by atoms with van der Waals surface area (Å²) in [6.45, 7) is 0. The van der Waals surface area contributed by atoms with Crippen LogP contribution in [0.2, 0.25) is 0 Å². The lowest BCUT2D eigenvalue weighted by atomic mass is 9.82. The highest BCUT2D eigenvalue weighted by Crippen LogP contribution is 2.46. The molecule has 0 amide bonds. The highest BCUT2D eigenvalue weighted by atomic mass is 16.3. The number of para-hydroxylation sites is 3. The van der Waals surface area contributed by atoms with Crippen molar-refractivity contribution in [3.05, 3.63) is 160 Å². The standard InChI is InChI=1S/C49H43N3O/c1-3-13-32(14-4-1)35-27-30-39-38-17-7-9-21-42(38)52(45(39)31-35)44-23-11-19-40-47-37(18-12-24-46(47)53-48(40)44)33-25-28-36(29-26-33)51-43-22-10-8-20-41(43)50-49(51)34-15-5-2-6-16-34/h2-3,5,8-11,13-15,18-23,25,28-29,31,33H,1,4,6-7,12,16-17,24,26-27,30H2. The molecule has 3 heterocycles. The average Bonchev–Trinajstić information content (AvgIpc) is 3.91. The minimum Gasteiger partial charge on any atom is -0.458 e. The Morgan fingerprint density at radius 3 is 2.51 bits per heavy atom. The first-order valence-electron chi connectivity index (χ1n) is 19.8. The average molecular weight is 690 g/mol. The number of nitrogens with zero attached hydrogens (tertiary/aromatic N) is 3. The first-order valence-corrected chi connectivity index (χ1v) is 19.8. The summed E-state index contributed by atoms with van der Waals surface area (Å²) in [5.41, 5.74) is 18.2. The monoisotopic (exact) mass is 689 g/mol. The zero-order valence-corrected chi connectivity index (χ0v) is 30.2. The molecule has 5 aromatic rings. The van der Waals surface area contributed by atoms with E-state index >= 15 is 0 Å². The fourth-order valence-electron chi connectivity index (χ4n) is 9.77. The van der Waals surface area contributed by atoms with Gasteiger partial charge in [-0.15, -0.1) is 0 Å². The molecule has 4 nitrogen and oxygen atoms in total. The number of benzene rings is 2. The molecule has 3 aromatic heterocycles. The molecule has 1 unspecified atom stereocenters. The largest absolute Gasteiger partial charge is 0.458 e. The van der Waals surface area contributed by atoms with E-state index in [9.17, 15) is 0 Å². The number of imidazole rings is 1. The third-order valence-electron chi connectivity index (χ3n) is 12.3. The van der Waals surface area contributed by atoms with Crippen LogP contribution < -0.4 is 0 Å². The summed E-state index contributed by atoms with van der Waals surface area (Å²) in [5, 5.41) is 1.24. The Balaban J connectivity index is 0.984. The predicted octanol–water partition coefficient (Wildman–Crippen LogP) is 12.3. The van der Waals surface area contributed by atoms with E-state index in [4.69, 9.17) is 9.40 Å². The van der Waals surface area contributed by atoms with Crippen LogP contribution in [0, 0.1) is 5.92 Å². The molecule has 0 saturated heterocycles. The molecule has 6 aliphatic carbocycles. The van der Waals surface area contributed by atoms with Gasteiger partial charge in [0.1, 0.15) is 11.6 Å². The summed E-state index contributed by atoms with van der Waals surface area (Å²) >= 11 is 0. The van der Waals surface area contributed by atoms with Gasteiger partial charge in [0, 0.05) is 34.7 Å². The number of aryl methyl sites for hydroxylation is 1. The fraction of sp³-hybridized carbons (Fsp3) is 0.245. The second-order valence-electron chi connectivity index (χ2n) is 15.3. The Kier molecular flexibility index (Phi) is 7.31. The molecule has 0 radical (unpaired) electrons. The van der Waals surface area contributed by atoms with Crippen LogP contribution >= 0.6 is 0 Å². The summed E-state index contributed by atoms with van der Waals surface area (Å²) in [7, 11) is 0. The Hall–Kier alpha value is -5.61. The molecule has 0 fully saturated rings. The van der Waals surface area contributed by atoms with Crippen LogP contribution in [0.25, 0.3) is 56.7 Å². The molecular formula is C49H43N3O. The van der Waals surface area contributed by atoms with E-state index < -0.39 is 0 Å². The number of hydrogen-bond acceptors (Lipinski definition) is 2. The zero-order valence-electron chi connectivity index (χ0n) is 30.2. The van der Waals surface area contributed by atoms with Crippen LogP contribution in [0.3, 0.4) is 0 Å². The van der Waals surface area contributed by atoms with E-state index in [0.29, 0.717) is 0 Å². The normalized spacial score (nSPS) is 20.5. The molecule has 0 spiro atoms. The van der Waals surface area contributed by atoms with Crippen LogP contribution in [0.1, 0.15) is 91.0 Å². The van der Waals surface area contributed by atoms with Crippen molar-refractivity contribution >= 4 is 51.0 Å². The summed E-state index contributed by atoms with van der Waals surface area (Å²) in [6, 6.07) is 15.4. The van der Waals surface area contributed by atoms with Gasteiger partial charge in [0.15, 0.2) is 5.58 Å². The summed E-state index contributed by atoms with van der Waals surface area (Å²) in [6.07, 6.45) is 42.3. The molecule has 1 atom stereocenters. The number of rotatable bonds is 5. The van der Waals surface area contributed by atoms with Gasteiger partial charge in [-0.05, 0) is 134 Å². The second-order valence-corrected chi connectivity index (χ2v) is 15.3. The molecule has 4 heteroatoms. The maximum absolute atomic E-state index is 7.01. The number of allylic oxidation sites excluding steroid dienone is 16. The Morgan fingerprint density at radius 2 is 1.62 bits per heavy atom. The van der Waals surface area contributed by atoms with Crippen molar-refractivity contribution in [1.29, 1.82) is 0 Å². The van der Waals surface area contributed by atoms with Crippen molar-refractivity contribution in [1.82, 2.24) is 14.1 Å². The third-order valence-corrected chi connectivity index (χ3v) is 12.3. The molecule has 0 aliphatic heterocycles. The van der Waals surface area contributed by atoms with E-state index in [0.717, 1.165) is 98.8 Å². The molecule has 0 bridgehead atoms. The third kappa shape index (κ3) is 4.99. The molecule has 2 aromatic carbocycles. The van der Waals surface area contributed by atoms with E-state index in [2.05, 4.69) is 131 Å². The fourth-order valence-corrected chi connectivity index (χ4v) is 9.77. The minimum atomic E-state index is 0.287. The lowest BCUT2D eigenvalue weighted by Crippen LogP contribution is -2.10. The van der Waals surface area contributed by atoms with Gasteiger partial charge in [-0.3, -0.25) is 4.57 Å². The first kappa shape index (κ1) is 31.0. The van der Waals surface area contributed by atoms with Crippen molar-refractivity contribution in [2.24, 2.45) is 5.92 Å². The lowest BCUT2D eigenvalue weighted by molar-refractivity contribution is 0.542. The van der Waals surface area contributed by atoms with Gasteiger partial charge >= 0.3 is 0 Å². The van der Waals surface area contributed by atoms with Gasteiger partial charge in [-0.2, -0.15) is 0 Å². The molecular weight excluding hydrogens is 647 g/mol.